The van der Waals surface area contributed by atoms with Gasteiger partial charge in [-0.3, -0.25) is 0 Å². The summed E-state index contributed by atoms with van der Waals surface area (Å²) in [5.74, 6) is 0. The van der Waals surface area contributed by atoms with Crippen molar-refractivity contribution in [3.8, 4) is 50.8 Å². The summed E-state index contributed by atoms with van der Waals surface area (Å²) in [6, 6.07) is 88.3. The summed E-state index contributed by atoms with van der Waals surface area (Å²) >= 11 is 0. The van der Waals surface area contributed by atoms with Gasteiger partial charge in [-0.2, -0.15) is 5.26 Å². The van der Waals surface area contributed by atoms with E-state index in [2.05, 4.69) is 234 Å². The number of nitriles is 1. The average Bonchev–Trinajstić information content (AvgIpc) is 4.00. The summed E-state index contributed by atoms with van der Waals surface area (Å²) in [6.45, 7) is 0. The molecule has 65 heavy (non-hydrogen) atoms. The van der Waals surface area contributed by atoms with E-state index in [9.17, 15) is 5.26 Å². The van der Waals surface area contributed by atoms with E-state index in [-0.39, 0.29) is 0 Å². The Kier molecular flexibility index (Phi) is 8.19. The third-order valence-electron chi connectivity index (χ3n) is 13.8. The van der Waals surface area contributed by atoms with Crippen molar-refractivity contribution in [3.63, 3.8) is 0 Å². The van der Waals surface area contributed by atoms with Crippen LogP contribution in [-0.2, 0) is 5.41 Å². The quantitative estimate of drug-likeness (QED) is 0.164. The van der Waals surface area contributed by atoms with Gasteiger partial charge in [0.15, 0.2) is 0 Å². The third kappa shape index (κ3) is 5.48. The first-order valence-electron chi connectivity index (χ1n) is 22.2. The molecule has 0 fully saturated rings. The Hall–Kier alpha value is -8.71. The summed E-state index contributed by atoms with van der Waals surface area (Å²) in [7, 11) is 0. The zero-order valence-electron chi connectivity index (χ0n) is 35.4. The van der Waals surface area contributed by atoms with E-state index in [4.69, 9.17) is 0 Å². The van der Waals surface area contributed by atoms with Crippen molar-refractivity contribution in [2.75, 3.05) is 0 Å². The molecule has 0 saturated carbocycles. The first-order chi connectivity index (χ1) is 32.2. The molecule has 12 aromatic rings. The van der Waals surface area contributed by atoms with E-state index in [0.29, 0.717) is 5.56 Å². The molecule has 0 bridgehead atoms. The number of benzene rings is 10. The Bertz CT molecular complexity index is 3830. The maximum absolute atomic E-state index is 9.96. The molecule has 0 amide bonds. The number of hydrogen-bond donors (Lipinski definition) is 0. The molecule has 0 aliphatic heterocycles. The first-order valence-corrected chi connectivity index (χ1v) is 22.2. The molecule has 13 rings (SSSR count). The predicted molar refractivity (Wildman–Crippen MR) is 268 cm³/mol. The molecular formula is C62H39N3. The van der Waals surface area contributed by atoms with E-state index in [1.54, 1.807) is 0 Å². The van der Waals surface area contributed by atoms with Crippen LogP contribution in [0.3, 0.4) is 0 Å². The fraction of sp³-hybridized carbons (Fsp3) is 0.0161. The normalized spacial score (nSPS) is 12.7. The number of hydrogen-bond acceptors (Lipinski definition) is 1. The minimum absolute atomic E-state index is 0.486. The van der Waals surface area contributed by atoms with Crippen LogP contribution in [0.4, 0.5) is 0 Å². The lowest BCUT2D eigenvalue weighted by molar-refractivity contribution is 0.767. The van der Waals surface area contributed by atoms with Gasteiger partial charge in [-0.05, 0) is 122 Å². The molecule has 1 aliphatic rings. The van der Waals surface area contributed by atoms with E-state index >= 15 is 0 Å². The standard InChI is InChI=1S/C62H39N3/c63-40-41-24-32-53-55-38-45(27-34-59(55)64(61(53)36-41)48-29-25-43(26-30-48)42-14-4-1-5-15-42)44-28-35-60-54(37-44)52-21-11-13-23-58(52)65(60)49-31-33-51-50-20-10-12-22-56(50)62(57(51)39-49,46-16-6-2-7-17-46)47-18-8-3-9-19-47/h1-39H. The Balaban J connectivity index is 0.972. The van der Waals surface area contributed by atoms with E-state index in [1.165, 1.54) is 60.8 Å². The van der Waals surface area contributed by atoms with Crippen LogP contribution >= 0.6 is 0 Å². The zero-order valence-corrected chi connectivity index (χ0v) is 35.4. The van der Waals surface area contributed by atoms with Crippen LogP contribution in [0.1, 0.15) is 27.8 Å². The second kappa shape index (κ2) is 14.4. The molecule has 0 atom stereocenters. The predicted octanol–water partition coefficient (Wildman–Crippen LogP) is 15.4. The summed E-state index contributed by atoms with van der Waals surface area (Å²) < 4.78 is 4.74. The van der Waals surface area contributed by atoms with Crippen molar-refractivity contribution < 1.29 is 0 Å². The van der Waals surface area contributed by atoms with Crippen molar-refractivity contribution in [2.24, 2.45) is 0 Å². The number of rotatable bonds is 6. The van der Waals surface area contributed by atoms with Crippen LogP contribution in [0, 0.1) is 11.3 Å². The molecular weight excluding hydrogens is 787 g/mol. The lowest BCUT2D eigenvalue weighted by Gasteiger charge is -2.34. The van der Waals surface area contributed by atoms with Crippen LogP contribution < -0.4 is 0 Å². The highest BCUT2D eigenvalue weighted by Gasteiger charge is 2.46. The molecule has 1 aliphatic carbocycles. The van der Waals surface area contributed by atoms with Crippen LogP contribution in [0.5, 0.6) is 0 Å². The smallest absolute Gasteiger partial charge is 0.0992 e. The highest BCUT2D eigenvalue weighted by Crippen LogP contribution is 2.56. The van der Waals surface area contributed by atoms with Gasteiger partial charge < -0.3 is 9.13 Å². The topological polar surface area (TPSA) is 33.6 Å². The van der Waals surface area contributed by atoms with Gasteiger partial charge in [0.05, 0.1) is 39.1 Å². The van der Waals surface area contributed by atoms with Gasteiger partial charge in [0.25, 0.3) is 0 Å². The molecule has 0 spiro atoms. The maximum atomic E-state index is 9.96. The summed E-state index contributed by atoms with van der Waals surface area (Å²) in [5, 5.41) is 14.6. The van der Waals surface area contributed by atoms with E-state index in [1.807, 2.05) is 18.2 Å². The Morgan fingerprint density at radius 1 is 0.323 bits per heavy atom. The molecule has 10 aromatic carbocycles. The highest BCUT2D eigenvalue weighted by atomic mass is 15.0. The Morgan fingerprint density at radius 2 is 0.831 bits per heavy atom. The lowest BCUT2D eigenvalue weighted by atomic mass is 9.67. The second-order valence-electron chi connectivity index (χ2n) is 17.2. The van der Waals surface area contributed by atoms with E-state index in [0.717, 1.165) is 49.8 Å². The molecule has 2 heterocycles. The largest absolute Gasteiger partial charge is 0.309 e. The Morgan fingerprint density at radius 3 is 1.51 bits per heavy atom. The van der Waals surface area contributed by atoms with Crippen molar-refractivity contribution in [1.29, 1.82) is 5.26 Å². The van der Waals surface area contributed by atoms with Gasteiger partial charge in [0.1, 0.15) is 0 Å². The highest BCUT2D eigenvalue weighted by molar-refractivity contribution is 6.13. The van der Waals surface area contributed by atoms with Crippen LogP contribution in [0.15, 0.2) is 237 Å². The van der Waals surface area contributed by atoms with Crippen LogP contribution in [-0.4, -0.2) is 9.13 Å². The molecule has 0 radical (unpaired) electrons. The van der Waals surface area contributed by atoms with Gasteiger partial charge in [-0.1, -0.05) is 170 Å². The molecule has 0 N–H and O–H groups in total. The number of para-hydroxylation sites is 1. The fourth-order valence-corrected chi connectivity index (χ4v) is 11.0. The van der Waals surface area contributed by atoms with Crippen molar-refractivity contribution in [2.45, 2.75) is 5.41 Å². The van der Waals surface area contributed by atoms with Crippen molar-refractivity contribution in [1.82, 2.24) is 9.13 Å². The average molecular weight is 826 g/mol. The second-order valence-corrected chi connectivity index (χ2v) is 17.2. The minimum atomic E-state index is -0.486. The van der Waals surface area contributed by atoms with Crippen molar-refractivity contribution >= 4 is 43.6 Å². The van der Waals surface area contributed by atoms with Gasteiger partial charge in [-0.25, -0.2) is 0 Å². The van der Waals surface area contributed by atoms with Gasteiger partial charge in [0.2, 0.25) is 0 Å². The molecule has 3 heteroatoms. The number of aromatic nitrogens is 2. The Labute approximate surface area is 377 Å². The van der Waals surface area contributed by atoms with Crippen LogP contribution in [0.25, 0.3) is 88.4 Å². The SMILES string of the molecule is N#Cc1ccc2c3cc(-c4ccc5c(c4)c4ccccc4n5-c4ccc5c(c4)C(c4ccccc4)(c4ccccc4)c4ccccc4-5)ccc3n(-c3ccc(-c4ccccc4)cc3)c2c1. The monoisotopic (exact) mass is 825 g/mol. The first kappa shape index (κ1) is 36.9. The van der Waals surface area contributed by atoms with Crippen LogP contribution in [0.2, 0.25) is 0 Å². The third-order valence-corrected chi connectivity index (χ3v) is 13.8. The lowest BCUT2D eigenvalue weighted by Crippen LogP contribution is -2.28. The van der Waals surface area contributed by atoms with Gasteiger partial charge in [0, 0.05) is 32.9 Å². The molecule has 302 valence electrons. The van der Waals surface area contributed by atoms with Gasteiger partial charge in [-0.15, -0.1) is 0 Å². The molecule has 3 nitrogen and oxygen atoms in total. The van der Waals surface area contributed by atoms with Gasteiger partial charge >= 0.3 is 0 Å². The minimum Gasteiger partial charge on any atom is -0.309 e. The summed E-state index contributed by atoms with van der Waals surface area (Å²) in [4.78, 5) is 0. The maximum Gasteiger partial charge on any atom is 0.0992 e. The molecule has 0 saturated heterocycles. The molecule has 2 aromatic heterocycles. The van der Waals surface area contributed by atoms with E-state index < -0.39 is 5.41 Å². The summed E-state index contributed by atoms with van der Waals surface area (Å²) in [5.41, 5.74) is 19.1. The number of fused-ring (bicyclic) bond motifs is 9. The van der Waals surface area contributed by atoms with Crippen molar-refractivity contribution in [3.05, 3.63) is 264 Å². The number of nitrogens with zero attached hydrogens (tertiary/aromatic N) is 3. The zero-order chi connectivity index (χ0) is 43.1. The molecule has 0 unspecified atom stereocenters. The summed E-state index contributed by atoms with van der Waals surface area (Å²) in [6.07, 6.45) is 0. The fourth-order valence-electron chi connectivity index (χ4n) is 11.0.